The van der Waals surface area contributed by atoms with E-state index in [1.807, 2.05) is 37.4 Å². The summed E-state index contributed by atoms with van der Waals surface area (Å²) in [6.07, 6.45) is 2.36. The maximum atomic E-state index is 12.9. The number of nitrogens with zero attached hydrogens (tertiary/aromatic N) is 1. The Balaban J connectivity index is 1.80. The highest BCUT2D eigenvalue weighted by Gasteiger charge is 2.42. The van der Waals surface area contributed by atoms with Crippen LogP contribution in [0.1, 0.15) is 38.3 Å². The number of hydrogen-bond donors (Lipinski definition) is 1. The van der Waals surface area contributed by atoms with Gasteiger partial charge in [0.05, 0.1) is 11.1 Å². The molecule has 27 heavy (non-hydrogen) atoms. The van der Waals surface area contributed by atoms with Gasteiger partial charge in [0.25, 0.3) is 11.8 Å². The molecule has 1 aliphatic rings. The molecule has 2 aromatic carbocycles. The van der Waals surface area contributed by atoms with Gasteiger partial charge in [0.1, 0.15) is 6.04 Å². The third-order valence-corrected chi connectivity index (χ3v) is 5.39. The molecular weight excluding hydrogens is 360 g/mol. The predicted molar refractivity (Wildman–Crippen MR) is 107 cm³/mol. The van der Waals surface area contributed by atoms with E-state index in [2.05, 4.69) is 5.32 Å². The molecule has 0 saturated heterocycles. The number of benzene rings is 2. The molecule has 140 valence electrons. The van der Waals surface area contributed by atoms with Gasteiger partial charge < -0.3 is 5.32 Å². The van der Waals surface area contributed by atoms with Crippen LogP contribution >= 0.6 is 11.8 Å². The van der Waals surface area contributed by atoms with Crippen LogP contribution in [0.2, 0.25) is 0 Å². The molecule has 0 saturated carbocycles. The van der Waals surface area contributed by atoms with Gasteiger partial charge in [0.2, 0.25) is 5.91 Å². The maximum Gasteiger partial charge on any atom is 0.262 e. The van der Waals surface area contributed by atoms with Gasteiger partial charge in [-0.25, -0.2) is 0 Å². The molecule has 1 atom stereocenters. The quantitative estimate of drug-likeness (QED) is 0.748. The van der Waals surface area contributed by atoms with Gasteiger partial charge in [-0.15, -0.1) is 0 Å². The van der Waals surface area contributed by atoms with Crippen LogP contribution in [0.25, 0.3) is 0 Å². The molecule has 1 heterocycles. The third kappa shape index (κ3) is 3.90. The minimum Gasteiger partial charge on any atom is -0.350 e. The lowest BCUT2D eigenvalue weighted by atomic mass is 10.1. The number of thioether (sulfide) groups is 1. The van der Waals surface area contributed by atoms with Crippen molar-refractivity contribution in [2.75, 3.05) is 12.0 Å². The number of hydrogen-bond acceptors (Lipinski definition) is 4. The number of aryl methyl sites for hydroxylation is 1. The van der Waals surface area contributed by atoms with E-state index >= 15 is 0 Å². The third-order valence-electron chi connectivity index (χ3n) is 4.75. The standard InChI is InChI=1S/C21H22N2O3S/c1-14-7-3-4-8-15(14)13-22-19(24)18(11-12-27-2)23-20(25)16-9-5-6-10-17(16)21(23)26/h3-10,18H,11-13H2,1-2H3,(H,22,24)/t18-/m0/s1. The van der Waals surface area contributed by atoms with Crippen LogP contribution in [0.3, 0.4) is 0 Å². The van der Waals surface area contributed by atoms with Gasteiger partial charge in [0, 0.05) is 6.54 Å². The van der Waals surface area contributed by atoms with Crippen LogP contribution in [0.15, 0.2) is 48.5 Å². The minimum atomic E-state index is -0.811. The largest absolute Gasteiger partial charge is 0.350 e. The van der Waals surface area contributed by atoms with Crippen molar-refractivity contribution in [3.8, 4) is 0 Å². The molecule has 0 spiro atoms. The first-order chi connectivity index (χ1) is 13.0. The van der Waals surface area contributed by atoms with E-state index in [1.54, 1.807) is 36.0 Å². The summed E-state index contributed by atoms with van der Waals surface area (Å²) in [5.74, 6) is -0.419. The SMILES string of the molecule is CSCC[C@@H](C(=O)NCc1ccccc1C)N1C(=O)c2ccccc2C1=O. The Morgan fingerprint density at radius 2 is 1.63 bits per heavy atom. The fourth-order valence-corrected chi connectivity index (χ4v) is 3.67. The van der Waals surface area contributed by atoms with Crippen molar-refractivity contribution >= 4 is 29.5 Å². The second kappa shape index (κ2) is 8.39. The highest BCUT2D eigenvalue weighted by Crippen LogP contribution is 2.26. The molecule has 1 N–H and O–H groups in total. The lowest BCUT2D eigenvalue weighted by Crippen LogP contribution is -2.49. The van der Waals surface area contributed by atoms with Gasteiger partial charge in [0.15, 0.2) is 0 Å². The minimum absolute atomic E-state index is 0.304. The molecule has 0 bridgehead atoms. The Labute approximate surface area is 163 Å². The smallest absolute Gasteiger partial charge is 0.262 e. The van der Waals surface area contributed by atoms with Crippen LogP contribution in [0.4, 0.5) is 0 Å². The molecule has 0 fully saturated rings. The molecule has 0 aromatic heterocycles. The average molecular weight is 382 g/mol. The summed E-state index contributed by atoms with van der Waals surface area (Å²) in [7, 11) is 0. The molecule has 0 aliphatic carbocycles. The van der Waals surface area contributed by atoms with E-state index in [-0.39, 0.29) is 5.91 Å². The Morgan fingerprint density at radius 3 is 2.22 bits per heavy atom. The summed E-state index contributed by atoms with van der Waals surface area (Å²) >= 11 is 1.58. The summed E-state index contributed by atoms with van der Waals surface area (Å²) in [6.45, 7) is 2.35. The lowest BCUT2D eigenvalue weighted by Gasteiger charge is -2.25. The zero-order chi connectivity index (χ0) is 19.4. The van der Waals surface area contributed by atoms with Crippen molar-refractivity contribution < 1.29 is 14.4 Å². The van der Waals surface area contributed by atoms with Crippen molar-refractivity contribution in [1.82, 2.24) is 10.2 Å². The van der Waals surface area contributed by atoms with Crippen LogP contribution in [-0.4, -0.2) is 40.7 Å². The van der Waals surface area contributed by atoms with Crippen molar-refractivity contribution in [2.45, 2.75) is 25.9 Å². The van der Waals surface area contributed by atoms with Crippen LogP contribution in [0, 0.1) is 6.92 Å². The van der Waals surface area contributed by atoms with Crippen molar-refractivity contribution in [1.29, 1.82) is 0 Å². The number of nitrogens with one attached hydrogen (secondary N) is 1. The Morgan fingerprint density at radius 1 is 1.04 bits per heavy atom. The average Bonchev–Trinajstić information content (AvgIpc) is 2.93. The number of fused-ring (bicyclic) bond motifs is 1. The highest BCUT2D eigenvalue weighted by atomic mass is 32.2. The summed E-state index contributed by atoms with van der Waals surface area (Å²) < 4.78 is 0. The summed E-state index contributed by atoms with van der Waals surface area (Å²) in [4.78, 5) is 39.5. The second-order valence-electron chi connectivity index (χ2n) is 6.47. The Kier molecular flexibility index (Phi) is 5.96. The molecule has 3 rings (SSSR count). The number of imide groups is 1. The van der Waals surface area contributed by atoms with Crippen LogP contribution in [0.5, 0.6) is 0 Å². The zero-order valence-corrected chi connectivity index (χ0v) is 16.2. The molecule has 3 amide bonds. The van der Waals surface area contributed by atoms with Crippen LogP contribution in [-0.2, 0) is 11.3 Å². The van der Waals surface area contributed by atoms with Gasteiger partial charge in [-0.3, -0.25) is 19.3 Å². The predicted octanol–water partition coefficient (Wildman–Crippen LogP) is 3.03. The second-order valence-corrected chi connectivity index (χ2v) is 7.45. The van der Waals surface area contributed by atoms with E-state index in [0.717, 1.165) is 16.0 Å². The van der Waals surface area contributed by atoms with Crippen molar-refractivity contribution in [3.05, 3.63) is 70.8 Å². The number of carbonyl (C=O) groups is 3. The van der Waals surface area contributed by atoms with Crippen molar-refractivity contribution in [3.63, 3.8) is 0 Å². The summed E-state index contributed by atoms with van der Waals surface area (Å²) in [6, 6.07) is 13.7. The van der Waals surface area contributed by atoms with Gasteiger partial charge in [-0.1, -0.05) is 36.4 Å². The normalized spacial score (nSPS) is 14.2. The van der Waals surface area contributed by atoms with E-state index in [1.165, 1.54) is 0 Å². The highest BCUT2D eigenvalue weighted by molar-refractivity contribution is 7.98. The van der Waals surface area contributed by atoms with Gasteiger partial charge in [-0.2, -0.15) is 11.8 Å². The lowest BCUT2D eigenvalue weighted by molar-refractivity contribution is -0.125. The van der Waals surface area contributed by atoms with Crippen LogP contribution < -0.4 is 5.32 Å². The molecule has 1 aliphatic heterocycles. The van der Waals surface area contributed by atoms with Crippen molar-refractivity contribution in [2.24, 2.45) is 0 Å². The first-order valence-electron chi connectivity index (χ1n) is 8.82. The first kappa shape index (κ1) is 19.2. The Bertz CT molecular complexity index is 846. The number of amides is 3. The van der Waals surface area contributed by atoms with E-state index in [9.17, 15) is 14.4 Å². The first-order valence-corrected chi connectivity index (χ1v) is 10.2. The van der Waals surface area contributed by atoms with Gasteiger partial charge in [-0.05, 0) is 48.6 Å². The van der Waals surface area contributed by atoms with Gasteiger partial charge >= 0.3 is 0 Å². The molecule has 5 nitrogen and oxygen atoms in total. The number of rotatable bonds is 7. The topological polar surface area (TPSA) is 66.5 Å². The molecular formula is C21H22N2O3S. The maximum absolute atomic E-state index is 12.9. The monoisotopic (exact) mass is 382 g/mol. The van der Waals surface area contributed by atoms with E-state index in [4.69, 9.17) is 0 Å². The number of carbonyl (C=O) groups excluding carboxylic acids is 3. The molecule has 0 unspecified atom stereocenters. The molecule has 2 aromatic rings. The van der Waals surface area contributed by atoms with E-state index in [0.29, 0.717) is 29.8 Å². The Hall–Kier alpha value is -2.60. The zero-order valence-electron chi connectivity index (χ0n) is 15.4. The molecule has 0 radical (unpaired) electrons. The fourth-order valence-electron chi connectivity index (χ4n) is 3.21. The summed E-state index contributed by atoms with van der Waals surface area (Å²) in [5, 5.41) is 2.90. The summed E-state index contributed by atoms with van der Waals surface area (Å²) in [5.41, 5.74) is 2.82. The van der Waals surface area contributed by atoms with E-state index < -0.39 is 17.9 Å². The fraction of sp³-hybridized carbons (Fsp3) is 0.286. The molecule has 6 heteroatoms.